The lowest BCUT2D eigenvalue weighted by Gasteiger charge is -2.20. The maximum atomic E-state index is 11.5. The van der Waals surface area contributed by atoms with Gasteiger partial charge in [-0.05, 0) is 0 Å². The molecule has 0 saturated heterocycles. The quantitative estimate of drug-likeness (QED) is 0.471. The number of rotatable bonds is 8. The Morgan fingerprint density at radius 1 is 1.44 bits per heavy atom. The summed E-state index contributed by atoms with van der Waals surface area (Å²) in [6.45, 7) is -0.411. The Balaban J connectivity index is 4.23. The first kappa shape index (κ1) is 16.6. The number of methoxy groups -OCH3 is 1. The molecule has 0 radical (unpaired) electrons. The van der Waals surface area contributed by atoms with Crippen molar-refractivity contribution < 1.29 is 27.9 Å². The van der Waals surface area contributed by atoms with Gasteiger partial charge >= 0.3 is 12.0 Å². The van der Waals surface area contributed by atoms with Crippen LogP contribution in [-0.4, -0.2) is 69.5 Å². The summed E-state index contributed by atoms with van der Waals surface area (Å²) in [6.07, 6.45) is 0. The first-order valence-electron chi connectivity index (χ1n) is 5.00. The zero-order valence-corrected chi connectivity index (χ0v) is 10.8. The van der Waals surface area contributed by atoms with Crippen molar-refractivity contribution in [2.24, 2.45) is 5.14 Å². The van der Waals surface area contributed by atoms with Gasteiger partial charge in [-0.3, -0.25) is 4.79 Å². The Kier molecular flexibility index (Phi) is 7.24. The van der Waals surface area contributed by atoms with Gasteiger partial charge < -0.3 is 20.1 Å². The molecule has 0 rings (SSSR count). The highest BCUT2D eigenvalue weighted by Crippen LogP contribution is 1.90. The lowest BCUT2D eigenvalue weighted by molar-refractivity contribution is -0.137. The number of carbonyl (C=O) groups is 2. The van der Waals surface area contributed by atoms with Gasteiger partial charge in [-0.2, -0.15) is 0 Å². The lowest BCUT2D eigenvalue weighted by atomic mass is 10.5. The van der Waals surface area contributed by atoms with Gasteiger partial charge in [-0.1, -0.05) is 0 Å². The van der Waals surface area contributed by atoms with Crippen LogP contribution in [0.25, 0.3) is 0 Å². The summed E-state index contributed by atoms with van der Waals surface area (Å²) in [7, 11) is -2.25. The number of ether oxygens (including phenoxy) is 1. The number of nitrogens with zero attached hydrogens (tertiary/aromatic N) is 1. The average molecular weight is 283 g/mol. The Morgan fingerprint density at radius 2 is 2.06 bits per heavy atom. The summed E-state index contributed by atoms with van der Waals surface area (Å²) < 4.78 is 26.0. The molecule has 0 aliphatic heterocycles. The number of aliphatic carboxylic acids is 1. The monoisotopic (exact) mass is 283 g/mol. The third kappa shape index (κ3) is 8.73. The maximum Gasteiger partial charge on any atom is 0.323 e. The largest absolute Gasteiger partial charge is 0.480 e. The van der Waals surface area contributed by atoms with Crippen LogP contribution >= 0.6 is 0 Å². The average Bonchev–Trinajstić information content (AvgIpc) is 2.21. The number of nitrogens with one attached hydrogen (secondary N) is 1. The first-order valence-corrected chi connectivity index (χ1v) is 6.72. The van der Waals surface area contributed by atoms with E-state index in [1.807, 2.05) is 0 Å². The topological polar surface area (TPSA) is 139 Å². The molecule has 0 aliphatic carbocycles. The van der Waals surface area contributed by atoms with Crippen molar-refractivity contribution in [1.29, 1.82) is 0 Å². The number of primary sulfonamides is 1. The summed E-state index contributed by atoms with van der Waals surface area (Å²) in [5, 5.41) is 15.6. The number of urea groups is 1. The number of nitrogens with two attached hydrogens (primary N) is 1. The van der Waals surface area contributed by atoms with Crippen LogP contribution in [0.4, 0.5) is 4.79 Å². The van der Waals surface area contributed by atoms with E-state index >= 15 is 0 Å². The van der Waals surface area contributed by atoms with E-state index in [2.05, 4.69) is 5.32 Å². The molecule has 9 nitrogen and oxygen atoms in total. The molecule has 10 heteroatoms. The fourth-order valence-electron chi connectivity index (χ4n) is 1.03. The van der Waals surface area contributed by atoms with Gasteiger partial charge in [-0.25, -0.2) is 18.4 Å². The molecule has 0 unspecified atom stereocenters. The van der Waals surface area contributed by atoms with Crippen LogP contribution in [0.2, 0.25) is 0 Å². The molecule has 0 heterocycles. The van der Waals surface area contributed by atoms with Gasteiger partial charge in [-0.15, -0.1) is 0 Å². The molecule has 0 atom stereocenters. The van der Waals surface area contributed by atoms with Crippen LogP contribution in [0.3, 0.4) is 0 Å². The number of carbonyl (C=O) groups excluding carboxylic acids is 1. The normalized spacial score (nSPS) is 11.0. The Morgan fingerprint density at radius 3 is 2.50 bits per heavy atom. The van der Waals surface area contributed by atoms with Crippen molar-refractivity contribution in [3.8, 4) is 0 Å². The van der Waals surface area contributed by atoms with E-state index in [1.54, 1.807) is 0 Å². The number of carboxylic acid groups (broad SMARTS) is 1. The maximum absolute atomic E-state index is 11.5. The van der Waals surface area contributed by atoms with E-state index in [0.717, 1.165) is 4.90 Å². The van der Waals surface area contributed by atoms with Gasteiger partial charge in [0.1, 0.15) is 6.54 Å². The fourth-order valence-corrected chi connectivity index (χ4v) is 1.42. The Bertz CT molecular complexity index is 382. The summed E-state index contributed by atoms with van der Waals surface area (Å²) in [5.41, 5.74) is 0. The number of hydrogen-bond acceptors (Lipinski definition) is 5. The minimum absolute atomic E-state index is 0.0873. The van der Waals surface area contributed by atoms with Crippen LogP contribution in [0.1, 0.15) is 0 Å². The third-order valence-electron chi connectivity index (χ3n) is 1.84. The van der Waals surface area contributed by atoms with Crippen LogP contribution in [0.5, 0.6) is 0 Å². The third-order valence-corrected chi connectivity index (χ3v) is 2.61. The molecule has 2 amide bonds. The van der Waals surface area contributed by atoms with Crippen molar-refractivity contribution >= 4 is 22.0 Å². The number of hydrogen-bond donors (Lipinski definition) is 3. The van der Waals surface area contributed by atoms with Gasteiger partial charge in [0, 0.05) is 20.2 Å². The second-order valence-corrected chi connectivity index (χ2v) is 5.14. The Hall–Kier alpha value is -1.39. The molecule has 0 saturated carbocycles. The van der Waals surface area contributed by atoms with Crippen molar-refractivity contribution in [3.63, 3.8) is 0 Å². The SMILES string of the molecule is COCCN(CC(=O)O)C(=O)NCCS(N)(=O)=O. The molecule has 0 aliphatic rings. The van der Waals surface area contributed by atoms with E-state index in [1.165, 1.54) is 7.11 Å². The summed E-state index contributed by atoms with van der Waals surface area (Å²) in [6, 6.07) is -0.682. The van der Waals surface area contributed by atoms with Crippen LogP contribution in [0.15, 0.2) is 0 Å². The molecule has 0 fully saturated rings. The molecule has 18 heavy (non-hydrogen) atoms. The van der Waals surface area contributed by atoms with E-state index in [9.17, 15) is 18.0 Å². The van der Waals surface area contributed by atoms with Crippen molar-refractivity contribution in [1.82, 2.24) is 10.2 Å². The van der Waals surface area contributed by atoms with Crippen LogP contribution < -0.4 is 10.5 Å². The van der Waals surface area contributed by atoms with Crippen LogP contribution in [-0.2, 0) is 19.6 Å². The first-order chi connectivity index (χ1) is 8.26. The lowest BCUT2D eigenvalue weighted by Crippen LogP contribution is -2.45. The number of amides is 2. The molecule has 4 N–H and O–H groups in total. The van der Waals surface area contributed by atoms with Crippen molar-refractivity contribution in [3.05, 3.63) is 0 Å². The number of carboxylic acids is 1. The minimum atomic E-state index is -3.66. The molecule has 0 aromatic carbocycles. The molecule has 0 aromatic heterocycles. The van der Waals surface area contributed by atoms with Gasteiger partial charge in [0.05, 0.1) is 12.4 Å². The Labute approximate surface area is 105 Å². The molecular formula is C8H17N3O6S. The standard InChI is InChI=1S/C8H17N3O6S/c1-17-4-3-11(6-7(12)13)8(14)10-2-5-18(9,15)16/h2-6H2,1H3,(H,10,14)(H,12,13)(H2,9,15,16). The molecule has 0 spiro atoms. The second-order valence-electron chi connectivity index (χ2n) is 3.41. The summed E-state index contributed by atoms with van der Waals surface area (Å²) in [5.74, 6) is -1.59. The van der Waals surface area contributed by atoms with Crippen LogP contribution in [0, 0.1) is 0 Å². The summed E-state index contributed by atoms with van der Waals surface area (Å²) >= 11 is 0. The zero-order valence-electron chi connectivity index (χ0n) is 9.96. The molecular weight excluding hydrogens is 266 g/mol. The van der Waals surface area contributed by atoms with Crippen molar-refractivity contribution in [2.75, 3.05) is 39.1 Å². The second kappa shape index (κ2) is 7.84. The van der Waals surface area contributed by atoms with Gasteiger partial charge in [0.15, 0.2) is 0 Å². The summed E-state index contributed by atoms with van der Waals surface area (Å²) in [4.78, 5) is 23.1. The highest BCUT2D eigenvalue weighted by Gasteiger charge is 2.16. The molecule has 0 aromatic rings. The predicted octanol–water partition coefficient (Wildman–Crippen LogP) is -1.98. The van der Waals surface area contributed by atoms with Crippen molar-refractivity contribution in [2.45, 2.75) is 0 Å². The smallest absolute Gasteiger partial charge is 0.323 e. The highest BCUT2D eigenvalue weighted by molar-refractivity contribution is 7.89. The molecule has 106 valence electrons. The highest BCUT2D eigenvalue weighted by atomic mass is 32.2. The molecule has 0 bridgehead atoms. The zero-order chi connectivity index (χ0) is 14.2. The van der Waals surface area contributed by atoms with Gasteiger partial charge in [0.25, 0.3) is 0 Å². The fraction of sp³-hybridized carbons (Fsp3) is 0.750. The predicted molar refractivity (Wildman–Crippen MR) is 62.5 cm³/mol. The van der Waals surface area contributed by atoms with Gasteiger partial charge in [0.2, 0.25) is 10.0 Å². The van der Waals surface area contributed by atoms with E-state index in [4.69, 9.17) is 15.0 Å². The number of sulfonamides is 1. The van der Waals surface area contributed by atoms with E-state index < -0.39 is 34.3 Å². The van der Waals surface area contributed by atoms with E-state index in [-0.39, 0.29) is 19.7 Å². The minimum Gasteiger partial charge on any atom is -0.480 e. The van der Waals surface area contributed by atoms with E-state index in [0.29, 0.717) is 0 Å².